The minimum Gasteiger partial charge on any atom is -0.492 e. The number of carboxylic acid groups (broad SMARTS) is 1. The lowest BCUT2D eigenvalue weighted by Gasteiger charge is -2.18. The van der Waals surface area contributed by atoms with Crippen molar-refractivity contribution in [2.45, 2.75) is 26.1 Å². The third-order valence-corrected chi connectivity index (χ3v) is 6.40. The Balaban J connectivity index is 1.66. The predicted molar refractivity (Wildman–Crippen MR) is 153 cm³/mol. The lowest BCUT2D eigenvalue weighted by molar-refractivity contribution is -0.137. The Morgan fingerprint density at radius 2 is 1.29 bits per heavy atom. The van der Waals surface area contributed by atoms with Crippen LogP contribution in [0.3, 0.4) is 0 Å². The highest BCUT2D eigenvalue weighted by molar-refractivity contribution is 5.98. The zero-order valence-corrected chi connectivity index (χ0v) is 22.4. The Bertz CT molecular complexity index is 1450. The minimum atomic E-state index is -4.41. The van der Waals surface area contributed by atoms with Crippen molar-refractivity contribution in [3.63, 3.8) is 0 Å². The molecule has 0 bridgehead atoms. The highest BCUT2D eigenvalue weighted by Crippen LogP contribution is 2.37. The van der Waals surface area contributed by atoms with Gasteiger partial charge in [0.2, 0.25) is 0 Å². The first kappa shape index (κ1) is 29.3. The fourth-order valence-electron chi connectivity index (χ4n) is 4.40. The van der Waals surface area contributed by atoms with Crippen LogP contribution in [-0.4, -0.2) is 24.4 Å². The summed E-state index contributed by atoms with van der Waals surface area (Å²) in [4.78, 5) is 10.6. The molecule has 4 rings (SSSR count). The predicted octanol–water partition coefficient (Wildman–Crippen LogP) is 8.30. The van der Waals surface area contributed by atoms with Gasteiger partial charge in [0.05, 0.1) is 12.1 Å². The third kappa shape index (κ3) is 8.14. The van der Waals surface area contributed by atoms with E-state index >= 15 is 0 Å². The van der Waals surface area contributed by atoms with Crippen molar-refractivity contribution in [2.24, 2.45) is 0 Å². The molecule has 0 unspecified atom stereocenters. The molecular formula is C33H30F3NO4. The van der Waals surface area contributed by atoms with Crippen LogP contribution in [0, 0.1) is 0 Å². The summed E-state index contributed by atoms with van der Waals surface area (Å²) in [6.45, 7) is 2.72. The molecule has 0 atom stereocenters. The number of alkyl halides is 3. The van der Waals surface area contributed by atoms with Crippen LogP contribution in [-0.2, 0) is 12.8 Å². The van der Waals surface area contributed by atoms with Crippen LogP contribution in [0.2, 0.25) is 0 Å². The van der Waals surface area contributed by atoms with Gasteiger partial charge in [-0.15, -0.1) is 0 Å². The molecule has 212 valence electrons. The summed E-state index contributed by atoms with van der Waals surface area (Å²) < 4.78 is 51.2. The van der Waals surface area contributed by atoms with Gasteiger partial charge < -0.3 is 19.9 Å². The van der Waals surface area contributed by atoms with Gasteiger partial charge in [-0.3, -0.25) is 0 Å². The maximum atomic E-state index is 13.2. The normalized spacial score (nSPS) is 11.9. The first-order valence-corrected chi connectivity index (χ1v) is 13.1. The van der Waals surface area contributed by atoms with Gasteiger partial charge in [0, 0.05) is 0 Å². The summed E-state index contributed by atoms with van der Waals surface area (Å²) in [5.74, 6) is 1.26. The average Bonchev–Trinajstić information content (AvgIpc) is 2.98. The van der Waals surface area contributed by atoms with E-state index in [4.69, 9.17) is 14.6 Å². The molecular weight excluding hydrogens is 531 g/mol. The Kier molecular flexibility index (Phi) is 9.68. The van der Waals surface area contributed by atoms with Crippen molar-refractivity contribution < 1.29 is 32.5 Å². The van der Waals surface area contributed by atoms with Crippen LogP contribution >= 0.6 is 0 Å². The molecule has 8 heteroatoms. The van der Waals surface area contributed by atoms with Crippen LogP contribution < -0.4 is 14.8 Å². The van der Waals surface area contributed by atoms with Crippen LogP contribution in [0.5, 0.6) is 11.5 Å². The van der Waals surface area contributed by atoms with Crippen LogP contribution in [0.4, 0.5) is 18.0 Å². The Morgan fingerprint density at radius 3 is 1.80 bits per heavy atom. The highest BCUT2D eigenvalue weighted by Gasteiger charge is 2.30. The van der Waals surface area contributed by atoms with Gasteiger partial charge in [0.25, 0.3) is 0 Å². The Morgan fingerprint density at radius 1 is 0.756 bits per heavy atom. The molecule has 0 aromatic heterocycles. The average molecular weight is 562 g/mol. The van der Waals surface area contributed by atoms with E-state index < -0.39 is 17.8 Å². The largest absolute Gasteiger partial charge is 0.492 e. The number of hydrogen-bond acceptors (Lipinski definition) is 3. The number of carbonyl (C=O) groups is 1. The molecule has 0 heterocycles. The molecule has 0 fully saturated rings. The molecule has 41 heavy (non-hydrogen) atoms. The molecule has 0 saturated carbocycles. The topological polar surface area (TPSA) is 67.8 Å². The van der Waals surface area contributed by atoms with E-state index in [1.54, 1.807) is 12.1 Å². The van der Waals surface area contributed by atoms with E-state index in [0.717, 1.165) is 40.0 Å². The zero-order chi connectivity index (χ0) is 29.2. The van der Waals surface area contributed by atoms with E-state index in [1.165, 1.54) is 12.1 Å². The maximum absolute atomic E-state index is 13.2. The van der Waals surface area contributed by atoms with Crippen molar-refractivity contribution >= 4 is 17.2 Å². The lowest BCUT2D eigenvalue weighted by atomic mass is 9.88. The molecule has 2 N–H and O–H groups in total. The number of halogens is 3. The number of benzene rings is 4. The summed E-state index contributed by atoms with van der Waals surface area (Å²) in [5, 5.41) is 11.0. The molecule has 0 spiro atoms. The fourth-order valence-corrected chi connectivity index (χ4v) is 4.40. The maximum Gasteiger partial charge on any atom is 0.416 e. The van der Waals surface area contributed by atoms with Crippen LogP contribution in [0.15, 0.2) is 103 Å². The van der Waals surface area contributed by atoms with E-state index in [1.807, 2.05) is 73.7 Å². The summed E-state index contributed by atoms with van der Waals surface area (Å²) in [6, 6.07) is 30.0. The van der Waals surface area contributed by atoms with Gasteiger partial charge in [0.1, 0.15) is 24.7 Å². The number of ether oxygens (including phenoxy) is 2. The molecule has 0 saturated heterocycles. The number of allylic oxidation sites excluding steroid dienone is 1. The van der Waals surface area contributed by atoms with Crippen molar-refractivity contribution in [3.8, 4) is 11.5 Å². The smallest absolute Gasteiger partial charge is 0.416 e. The zero-order valence-electron chi connectivity index (χ0n) is 22.4. The molecule has 0 aliphatic heterocycles. The lowest BCUT2D eigenvalue weighted by Crippen LogP contribution is -2.26. The van der Waals surface area contributed by atoms with Crippen molar-refractivity contribution in [1.29, 1.82) is 0 Å². The number of hydrogen-bond donors (Lipinski definition) is 2. The molecule has 0 aliphatic carbocycles. The van der Waals surface area contributed by atoms with Gasteiger partial charge in [-0.2, -0.15) is 13.2 Å². The molecule has 1 amide bonds. The molecule has 4 aromatic carbocycles. The summed E-state index contributed by atoms with van der Waals surface area (Å²) in [7, 11) is 0. The van der Waals surface area contributed by atoms with Gasteiger partial charge in [-0.05, 0) is 76.2 Å². The standard InChI is InChI=1S/C33H30F3NO4/c1-2-30(24-8-14-27(15-9-24)33(34,35)36)31(25-10-16-28(17-11-25)40-21-20-37-32(38)39)26-12-18-29(19-13-26)41-22-23-6-4-3-5-7-23/h3-19,37H,2,20-22H2,1H3,(H,38,39). The Labute approximate surface area is 236 Å². The molecule has 4 aromatic rings. The van der Waals surface area contributed by atoms with Crippen LogP contribution in [0.1, 0.15) is 41.2 Å². The van der Waals surface area contributed by atoms with Crippen molar-refractivity contribution in [2.75, 3.05) is 13.2 Å². The van der Waals surface area contributed by atoms with Gasteiger partial charge in [0.15, 0.2) is 0 Å². The highest BCUT2D eigenvalue weighted by atomic mass is 19.4. The molecule has 0 radical (unpaired) electrons. The fraction of sp³-hybridized carbons (Fsp3) is 0.182. The number of rotatable bonds is 11. The number of nitrogens with one attached hydrogen (secondary N) is 1. The summed E-state index contributed by atoms with van der Waals surface area (Å²) in [5.41, 5.74) is 4.55. The monoisotopic (exact) mass is 561 g/mol. The second-order valence-corrected chi connectivity index (χ2v) is 9.19. The molecule has 5 nitrogen and oxygen atoms in total. The van der Waals surface area contributed by atoms with Crippen molar-refractivity contribution in [3.05, 3.63) is 131 Å². The third-order valence-electron chi connectivity index (χ3n) is 6.40. The van der Waals surface area contributed by atoms with E-state index in [0.29, 0.717) is 30.1 Å². The van der Waals surface area contributed by atoms with E-state index in [-0.39, 0.29) is 13.2 Å². The molecule has 0 aliphatic rings. The van der Waals surface area contributed by atoms with Gasteiger partial charge in [-0.1, -0.05) is 73.7 Å². The summed E-state index contributed by atoms with van der Waals surface area (Å²) >= 11 is 0. The van der Waals surface area contributed by atoms with E-state index in [2.05, 4.69) is 5.32 Å². The van der Waals surface area contributed by atoms with Crippen LogP contribution in [0.25, 0.3) is 11.1 Å². The quantitative estimate of drug-likeness (QED) is 0.143. The first-order valence-electron chi connectivity index (χ1n) is 13.1. The van der Waals surface area contributed by atoms with Gasteiger partial charge >= 0.3 is 12.3 Å². The summed E-state index contributed by atoms with van der Waals surface area (Å²) in [6.07, 6.45) is -4.96. The van der Waals surface area contributed by atoms with E-state index in [9.17, 15) is 18.0 Å². The number of amides is 1. The first-order chi connectivity index (χ1) is 19.7. The van der Waals surface area contributed by atoms with Crippen molar-refractivity contribution in [1.82, 2.24) is 5.32 Å². The second kappa shape index (κ2) is 13.6. The van der Waals surface area contributed by atoms with Gasteiger partial charge in [-0.25, -0.2) is 4.79 Å². The Hall–Kier alpha value is -4.72. The minimum absolute atomic E-state index is 0.148. The second-order valence-electron chi connectivity index (χ2n) is 9.19. The SMILES string of the molecule is CCC(=C(c1ccc(OCCNC(=O)O)cc1)c1ccc(OCc2ccccc2)cc1)c1ccc(C(F)(F)F)cc1.